The molecular formula is C14H20FNO. The first-order valence-electron chi connectivity index (χ1n) is 6.28. The van der Waals surface area contributed by atoms with E-state index in [-0.39, 0.29) is 6.10 Å². The number of benzene rings is 1. The molecule has 1 aromatic carbocycles. The average Bonchev–Trinajstić information content (AvgIpc) is 2.30. The smallest absolute Gasteiger partial charge is 0.142 e. The van der Waals surface area contributed by atoms with E-state index in [0.29, 0.717) is 24.2 Å². The number of halogens is 1. The molecule has 1 N–H and O–H groups in total. The molecule has 0 aliphatic carbocycles. The number of alkyl halides is 1. The molecule has 94 valence electrons. The number of ether oxygens (including phenoxy) is 1. The fourth-order valence-corrected chi connectivity index (χ4v) is 2.29. The fourth-order valence-electron chi connectivity index (χ4n) is 2.29. The van der Waals surface area contributed by atoms with E-state index in [1.165, 1.54) is 0 Å². The molecule has 2 rings (SSSR count). The van der Waals surface area contributed by atoms with Gasteiger partial charge in [0.25, 0.3) is 0 Å². The highest BCUT2D eigenvalue weighted by molar-refractivity contribution is 5.38. The number of hydrogen-bond acceptors (Lipinski definition) is 2. The van der Waals surface area contributed by atoms with E-state index >= 15 is 0 Å². The molecule has 17 heavy (non-hydrogen) atoms. The number of rotatable bonds is 3. The van der Waals surface area contributed by atoms with Gasteiger partial charge in [0.1, 0.15) is 11.4 Å². The molecule has 1 heterocycles. The van der Waals surface area contributed by atoms with Crippen molar-refractivity contribution in [3.05, 3.63) is 29.8 Å². The summed E-state index contributed by atoms with van der Waals surface area (Å²) in [5, 5.41) is 3.19. The molecule has 2 nitrogen and oxygen atoms in total. The molecule has 1 aromatic rings. The summed E-state index contributed by atoms with van der Waals surface area (Å²) in [4.78, 5) is 0. The Labute approximate surface area is 102 Å². The Balaban J connectivity index is 2.29. The molecule has 0 aromatic heterocycles. The molecule has 0 radical (unpaired) electrons. The second-order valence-electron chi connectivity index (χ2n) is 4.88. The molecule has 3 heteroatoms. The fraction of sp³-hybridized carbons (Fsp3) is 0.571. The summed E-state index contributed by atoms with van der Waals surface area (Å²) >= 11 is 0. The van der Waals surface area contributed by atoms with Gasteiger partial charge in [0.2, 0.25) is 0 Å². The molecule has 1 aliphatic rings. The van der Waals surface area contributed by atoms with Crippen LogP contribution in [0.3, 0.4) is 0 Å². The minimum absolute atomic E-state index is 0.0708. The predicted octanol–water partition coefficient (Wildman–Crippen LogP) is 3.02. The van der Waals surface area contributed by atoms with Gasteiger partial charge in [-0.3, -0.25) is 0 Å². The minimum Gasteiger partial charge on any atom is -0.491 e. The summed E-state index contributed by atoms with van der Waals surface area (Å²) < 4.78 is 20.6. The van der Waals surface area contributed by atoms with Crippen molar-refractivity contribution in [2.45, 2.75) is 38.5 Å². The Morgan fingerprint density at radius 2 is 1.88 bits per heavy atom. The Morgan fingerprint density at radius 1 is 1.24 bits per heavy atom. The first-order valence-corrected chi connectivity index (χ1v) is 6.28. The minimum atomic E-state index is -1.24. The molecule has 0 spiro atoms. The van der Waals surface area contributed by atoms with Crippen molar-refractivity contribution in [3.8, 4) is 5.75 Å². The average molecular weight is 237 g/mol. The van der Waals surface area contributed by atoms with Gasteiger partial charge in [0.05, 0.1) is 6.10 Å². The number of para-hydroxylation sites is 1. The monoisotopic (exact) mass is 237 g/mol. The van der Waals surface area contributed by atoms with Gasteiger partial charge in [-0.15, -0.1) is 0 Å². The van der Waals surface area contributed by atoms with Gasteiger partial charge in [-0.05, 0) is 45.8 Å². The SMILES string of the molecule is CC(C)Oc1ccccc1C1(F)CCNCC1. The quantitative estimate of drug-likeness (QED) is 0.872. The highest BCUT2D eigenvalue weighted by Crippen LogP contribution is 2.40. The Morgan fingerprint density at radius 3 is 2.53 bits per heavy atom. The van der Waals surface area contributed by atoms with Crippen LogP contribution in [0.5, 0.6) is 5.75 Å². The van der Waals surface area contributed by atoms with E-state index in [1.54, 1.807) is 0 Å². The third kappa shape index (κ3) is 2.78. The van der Waals surface area contributed by atoms with Crippen LogP contribution in [-0.4, -0.2) is 19.2 Å². The van der Waals surface area contributed by atoms with Crippen LogP contribution in [0.25, 0.3) is 0 Å². The molecule has 1 fully saturated rings. The third-order valence-corrected chi connectivity index (χ3v) is 3.13. The van der Waals surface area contributed by atoms with E-state index in [9.17, 15) is 4.39 Å². The van der Waals surface area contributed by atoms with Crippen molar-refractivity contribution in [1.82, 2.24) is 5.32 Å². The van der Waals surface area contributed by atoms with Crippen molar-refractivity contribution in [1.29, 1.82) is 0 Å². The number of hydrogen-bond donors (Lipinski definition) is 1. The Hall–Kier alpha value is -1.09. The van der Waals surface area contributed by atoms with Crippen LogP contribution < -0.4 is 10.1 Å². The van der Waals surface area contributed by atoms with Crippen LogP contribution in [0.4, 0.5) is 4.39 Å². The number of piperidine rings is 1. The van der Waals surface area contributed by atoms with Crippen LogP contribution in [0.15, 0.2) is 24.3 Å². The molecule has 1 aliphatic heterocycles. The van der Waals surface area contributed by atoms with Crippen LogP contribution in [0.2, 0.25) is 0 Å². The third-order valence-electron chi connectivity index (χ3n) is 3.13. The van der Waals surface area contributed by atoms with Crippen LogP contribution in [0, 0.1) is 0 Å². The van der Waals surface area contributed by atoms with E-state index in [1.807, 2.05) is 38.1 Å². The summed E-state index contributed by atoms with van der Waals surface area (Å²) in [7, 11) is 0. The molecule has 0 bridgehead atoms. The zero-order valence-corrected chi connectivity index (χ0v) is 10.5. The first-order chi connectivity index (χ1) is 8.12. The van der Waals surface area contributed by atoms with Gasteiger partial charge in [-0.25, -0.2) is 4.39 Å². The van der Waals surface area contributed by atoms with E-state index in [0.717, 1.165) is 13.1 Å². The van der Waals surface area contributed by atoms with Crippen molar-refractivity contribution in [2.24, 2.45) is 0 Å². The van der Waals surface area contributed by atoms with Crippen LogP contribution >= 0.6 is 0 Å². The molecule has 0 amide bonds. The van der Waals surface area contributed by atoms with Gasteiger partial charge in [-0.2, -0.15) is 0 Å². The second kappa shape index (κ2) is 5.05. The van der Waals surface area contributed by atoms with Gasteiger partial charge in [-0.1, -0.05) is 18.2 Å². The summed E-state index contributed by atoms with van der Waals surface area (Å²) in [6.07, 6.45) is 1.11. The van der Waals surface area contributed by atoms with Gasteiger partial charge in [0, 0.05) is 5.56 Å². The maximum atomic E-state index is 14.9. The zero-order valence-electron chi connectivity index (χ0n) is 10.5. The molecule has 0 atom stereocenters. The summed E-state index contributed by atoms with van der Waals surface area (Å²) in [6.45, 7) is 5.38. The van der Waals surface area contributed by atoms with Crippen LogP contribution in [0.1, 0.15) is 32.3 Å². The van der Waals surface area contributed by atoms with Crippen molar-refractivity contribution in [2.75, 3.05) is 13.1 Å². The molecule has 1 saturated heterocycles. The molecule has 0 unspecified atom stereocenters. The second-order valence-corrected chi connectivity index (χ2v) is 4.88. The standard InChI is InChI=1S/C14H20FNO/c1-11(2)17-13-6-4-3-5-12(13)14(15)7-9-16-10-8-14/h3-6,11,16H,7-10H2,1-2H3. The highest BCUT2D eigenvalue weighted by atomic mass is 19.1. The molecule has 0 saturated carbocycles. The van der Waals surface area contributed by atoms with E-state index in [2.05, 4.69) is 5.32 Å². The van der Waals surface area contributed by atoms with E-state index < -0.39 is 5.67 Å². The zero-order chi connectivity index (χ0) is 12.3. The van der Waals surface area contributed by atoms with E-state index in [4.69, 9.17) is 4.74 Å². The van der Waals surface area contributed by atoms with Gasteiger partial charge in [0.15, 0.2) is 0 Å². The predicted molar refractivity (Wildman–Crippen MR) is 67.1 cm³/mol. The van der Waals surface area contributed by atoms with Crippen LogP contribution in [-0.2, 0) is 5.67 Å². The molecular weight excluding hydrogens is 217 g/mol. The van der Waals surface area contributed by atoms with Gasteiger partial charge < -0.3 is 10.1 Å². The van der Waals surface area contributed by atoms with Crippen molar-refractivity contribution >= 4 is 0 Å². The maximum Gasteiger partial charge on any atom is 0.142 e. The normalized spacial score (nSPS) is 19.3. The Kier molecular flexibility index (Phi) is 3.67. The maximum absolute atomic E-state index is 14.9. The highest BCUT2D eigenvalue weighted by Gasteiger charge is 2.36. The lowest BCUT2D eigenvalue weighted by Crippen LogP contribution is -2.37. The van der Waals surface area contributed by atoms with Crippen molar-refractivity contribution < 1.29 is 9.13 Å². The van der Waals surface area contributed by atoms with Gasteiger partial charge >= 0.3 is 0 Å². The number of nitrogens with one attached hydrogen (secondary N) is 1. The lowest BCUT2D eigenvalue weighted by Gasteiger charge is -2.32. The largest absolute Gasteiger partial charge is 0.491 e. The summed E-state index contributed by atoms with van der Waals surface area (Å²) in [6, 6.07) is 7.49. The topological polar surface area (TPSA) is 21.3 Å². The first kappa shape index (κ1) is 12.4. The van der Waals surface area contributed by atoms with Crippen molar-refractivity contribution in [3.63, 3.8) is 0 Å². The lowest BCUT2D eigenvalue weighted by atomic mass is 9.86. The summed E-state index contributed by atoms with van der Waals surface area (Å²) in [5.74, 6) is 0.687. The lowest BCUT2D eigenvalue weighted by molar-refractivity contribution is 0.107. The Bertz CT molecular complexity index is 372. The summed E-state index contributed by atoms with van der Waals surface area (Å²) in [5.41, 5.74) is -0.535.